The summed E-state index contributed by atoms with van der Waals surface area (Å²) in [5, 5.41) is 18.1. The molecule has 0 spiro atoms. The third kappa shape index (κ3) is 3.21. The van der Waals surface area contributed by atoms with Gasteiger partial charge >= 0.3 is 0 Å². The summed E-state index contributed by atoms with van der Waals surface area (Å²) in [4.78, 5) is 14.8. The van der Waals surface area contributed by atoms with Gasteiger partial charge in [-0.3, -0.25) is 9.89 Å². The van der Waals surface area contributed by atoms with Crippen LogP contribution in [-0.2, 0) is 0 Å². The van der Waals surface area contributed by atoms with E-state index in [2.05, 4.69) is 42.8 Å². The maximum atomic E-state index is 13.1. The molecule has 1 atom stereocenters. The molecule has 0 radical (unpaired) electrons. The molecule has 1 aliphatic rings. The molecule has 3 aromatic rings. The number of phenols is 1. The number of hydrogen-bond acceptors (Lipinski definition) is 3. The van der Waals surface area contributed by atoms with Crippen LogP contribution in [0.15, 0.2) is 55.1 Å². The van der Waals surface area contributed by atoms with E-state index in [0.717, 1.165) is 11.1 Å². The Morgan fingerprint density at radius 3 is 2.66 bits per heavy atom. The van der Waals surface area contributed by atoms with Crippen LogP contribution in [0.2, 0.25) is 5.02 Å². The van der Waals surface area contributed by atoms with E-state index in [0.29, 0.717) is 34.4 Å². The summed E-state index contributed by atoms with van der Waals surface area (Å²) in [5.74, 6) is 0.340. The monoisotopic (exact) mass is 407 g/mol. The van der Waals surface area contributed by atoms with Gasteiger partial charge in [-0.1, -0.05) is 55.8 Å². The van der Waals surface area contributed by atoms with Gasteiger partial charge in [-0.2, -0.15) is 5.10 Å². The van der Waals surface area contributed by atoms with Gasteiger partial charge in [0.05, 0.1) is 6.04 Å². The lowest BCUT2D eigenvalue weighted by Crippen LogP contribution is -2.29. The zero-order valence-corrected chi connectivity index (χ0v) is 17.1. The van der Waals surface area contributed by atoms with E-state index in [1.165, 1.54) is 11.6 Å². The lowest BCUT2D eigenvalue weighted by atomic mass is 9.93. The summed E-state index contributed by atoms with van der Waals surface area (Å²) in [6.45, 7) is 8.49. The largest absolute Gasteiger partial charge is 0.507 e. The zero-order chi connectivity index (χ0) is 20.7. The molecule has 0 bridgehead atoms. The number of fused-ring (bicyclic) bond motifs is 1. The number of carbonyl (C=O) groups excluding carboxylic acids is 1. The SMILES string of the molecule is C=CCN1C(=O)c2[nH]nc(-c3cc(Cl)ccc3O)c2C1c1ccc(C(C)C)cc1. The fourth-order valence-electron chi connectivity index (χ4n) is 3.84. The first kappa shape index (κ1) is 19.3. The van der Waals surface area contributed by atoms with Gasteiger partial charge in [-0.25, -0.2) is 0 Å². The van der Waals surface area contributed by atoms with Gasteiger partial charge in [0, 0.05) is 22.7 Å². The van der Waals surface area contributed by atoms with E-state index in [1.54, 1.807) is 23.1 Å². The van der Waals surface area contributed by atoms with Crippen LogP contribution in [0.4, 0.5) is 0 Å². The molecule has 6 heteroatoms. The van der Waals surface area contributed by atoms with Crippen molar-refractivity contribution < 1.29 is 9.90 Å². The first-order valence-corrected chi connectivity index (χ1v) is 9.89. The number of rotatable bonds is 5. The Morgan fingerprint density at radius 2 is 2.00 bits per heavy atom. The predicted molar refractivity (Wildman–Crippen MR) is 114 cm³/mol. The number of nitrogens with one attached hydrogen (secondary N) is 1. The van der Waals surface area contributed by atoms with Crippen molar-refractivity contribution in [2.45, 2.75) is 25.8 Å². The minimum atomic E-state index is -0.330. The number of H-pyrrole nitrogens is 1. The highest BCUT2D eigenvalue weighted by Gasteiger charge is 2.42. The first-order chi connectivity index (χ1) is 13.9. The van der Waals surface area contributed by atoms with Gasteiger partial charge in [0.2, 0.25) is 0 Å². The van der Waals surface area contributed by atoms with Crippen LogP contribution in [0.3, 0.4) is 0 Å². The molecule has 1 amide bonds. The van der Waals surface area contributed by atoms with Crippen LogP contribution in [0.5, 0.6) is 5.75 Å². The summed E-state index contributed by atoms with van der Waals surface area (Å²) >= 11 is 6.15. The van der Waals surface area contributed by atoms with Crippen LogP contribution in [0.1, 0.15) is 53.0 Å². The Balaban J connectivity index is 1.89. The fraction of sp³-hybridized carbons (Fsp3) is 0.217. The van der Waals surface area contributed by atoms with E-state index in [1.807, 2.05) is 12.1 Å². The van der Waals surface area contributed by atoms with Crippen molar-refractivity contribution in [1.29, 1.82) is 0 Å². The van der Waals surface area contributed by atoms with Crippen LogP contribution in [0.25, 0.3) is 11.3 Å². The average molecular weight is 408 g/mol. The highest BCUT2D eigenvalue weighted by atomic mass is 35.5. The molecule has 2 heterocycles. The van der Waals surface area contributed by atoms with Gasteiger partial charge in [0.1, 0.15) is 17.1 Å². The molecule has 1 aromatic heterocycles. The number of benzene rings is 2. The van der Waals surface area contributed by atoms with E-state index in [9.17, 15) is 9.90 Å². The Morgan fingerprint density at radius 1 is 1.28 bits per heavy atom. The van der Waals surface area contributed by atoms with Gasteiger partial charge in [0.25, 0.3) is 5.91 Å². The molecular weight excluding hydrogens is 386 g/mol. The molecule has 29 heavy (non-hydrogen) atoms. The fourth-order valence-corrected chi connectivity index (χ4v) is 4.01. The Bertz CT molecular complexity index is 1090. The van der Waals surface area contributed by atoms with Gasteiger partial charge in [-0.15, -0.1) is 6.58 Å². The molecule has 1 unspecified atom stereocenters. The van der Waals surface area contributed by atoms with Crippen molar-refractivity contribution in [1.82, 2.24) is 15.1 Å². The van der Waals surface area contributed by atoms with E-state index in [4.69, 9.17) is 11.6 Å². The molecule has 1 aliphatic heterocycles. The maximum Gasteiger partial charge on any atom is 0.273 e. The number of hydrogen-bond donors (Lipinski definition) is 2. The standard InChI is InChI=1S/C23H22ClN3O2/c1-4-11-27-22(15-7-5-14(6-8-15)13(2)3)19-20(25-26-21(19)23(27)29)17-12-16(24)9-10-18(17)28/h4-10,12-13,22,28H,1,11H2,2-3H3,(H,25,26). The molecule has 148 valence electrons. The summed E-state index contributed by atoms with van der Waals surface area (Å²) in [6, 6.07) is 12.8. The van der Waals surface area contributed by atoms with Crippen molar-refractivity contribution >= 4 is 17.5 Å². The molecule has 0 fully saturated rings. The molecule has 2 aromatic carbocycles. The first-order valence-electron chi connectivity index (χ1n) is 9.51. The van der Waals surface area contributed by atoms with Crippen molar-refractivity contribution in [3.8, 4) is 17.0 Å². The Kier molecular flexibility index (Phi) is 4.92. The molecule has 2 N–H and O–H groups in total. The zero-order valence-electron chi connectivity index (χ0n) is 16.3. The van der Waals surface area contributed by atoms with Crippen LogP contribution >= 0.6 is 11.6 Å². The van der Waals surface area contributed by atoms with E-state index >= 15 is 0 Å². The van der Waals surface area contributed by atoms with Gasteiger partial charge < -0.3 is 10.0 Å². The molecule has 0 saturated heterocycles. The molecule has 0 saturated carbocycles. The Labute approximate surface area is 174 Å². The lowest BCUT2D eigenvalue weighted by molar-refractivity contribution is 0.0764. The smallest absolute Gasteiger partial charge is 0.273 e. The molecule has 4 rings (SSSR count). The van der Waals surface area contributed by atoms with Gasteiger partial charge in [0.15, 0.2) is 0 Å². The summed E-state index contributed by atoms with van der Waals surface area (Å²) in [6.07, 6.45) is 1.71. The average Bonchev–Trinajstić information content (AvgIpc) is 3.24. The van der Waals surface area contributed by atoms with Crippen LogP contribution in [-0.4, -0.2) is 32.7 Å². The topological polar surface area (TPSA) is 69.2 Å². The number of halogens is 1. The maximum absolute atomic E-state index is 13.1. The molecule has 0 aliphatic carbocycles. The predicted octanol–water partition coefficient (Wildman–Crippen LogP) is 5.29. The number of aromatic hydroxyl groups is 1. The van der Waals surface area contributed by atoms with Crippen molar-refractivity contribution in [3.05, 3.63) is 82.5 Å². The van der Waals surface area contributed by atoms with E-state index < -0.39 is 0 Å². The lowest BCUT2D eigenvalue weighted by Gasteiger charge is -2.25. The molecular formula is C23H22ClN3O2. The quantitative estimate of drug-likeness (QED) is 0.564. The van der Waals surface area contributed by atoms with E-state index in [-0.39, 0.29) is 17.7 Å². The van der Waals surface area contributed by atoms with Crippen LogP contribution in [0, 0.1) is 0 Å². The van der Waals surface area contributed by atoms with Gasteiger partial charge in [-0.05, 0) is 35.2 Å². The second-order valence-electron chi connectivity index (χ2n) is 7.49. The number of carbonyl (C=O) groups is 1. The van der Waals surface area contributed by atoms with Crippen molar-refractivity contribution in [3.63, 3.8) is 0 Å². The number of nitrogens with zero attached hydrogens (tertiary/aromatic N) is 2. The number of aromatic nitrogens is 2. The van der Waals surface area contributed by atoms with Crippen LogP contribution < -0.4 is 0 Å². The minimum Gasteiger partial charge on any atom is -0.507 e. The summed E-state index contributed by atoms with van der Waals surface area (Å²) in [5.41, 5.74) is 4.40. The summed E-state index contributed by atoms with van der Waals surface area (Å²) in [7, 11) is 0. The normalized spacial score (nSPS) is 15.8. The summed E-state index contributed by atoms with van der Waals surface area (Å²) < 4.78 is 0. The van der Waals surface area contributed by atoms with Crippen molar-refractivity contribution in [2.24, 2.45) is 0 Å². The highest BCUT2D eigenvalue weighted by molar-refractivity contribution is 6.31. The third-order valence-corrected chi connectivity index (χ3v) is 5.56. The highest BCUT2D eigenvalue weighted by Crippen LogP contribution is 2.44. The minimum absolute atomic E-state index is 0.0622. The Hall–Kier alpha value is -3.05. The second kappa shape index (κ2) is 7.41. The molecule has 5 nitrogen and oxygen atoms in total. The number of phenolic OH excluding ortho intramolecular Hbond substituents is 1. The third-order valence-electron chi connectivity index (χ3n) is 5.32. The number of amides is 1. The second-order valence-corrected chi connectivity index (χ2v) is 7.93. The van der Waals surface area contributed by atoms with Crippen molar-refractivity contribution in [2.75, 3.05) is 6.54 Å². The number of aromatic amines is 1.